The minimum Gasteiger partial charge on any atom is -0.497 e. The fourth-order valence-corrected chi connectivity index (χ4v) is 3.29. The van der Waals surface area contributed by atoms with Gasteiger partial charge in [0.15, 0.2) is 11.0 Å². The molecule has 130 valence electrons. The van der Waals surface area contributed by atoms with E-state index in [2.05, 4.69) is 10.2 Å². The predicted octanol–water partition coefficient (Wildman–Crippen LogP) is 3.46. The first-order chi connectivity index (χ1) is 12.1. The Balaban J connectivity index is 1.72. The van der Waals surface area contributed by atoms with Gasteiger partial charge >= 0.3 is 0 Å². The highest BCUT2D eigenvalue weighted by Gasteiger charge is 2.16. The van der Waals surface area contributed by atoms with Gasteiger partial charge in [-0.25, -0.2) is 4.39 Å². The average Bonchev–Trinajstić information content (AvgIpc) is 3.01. The molecule has 1 aromatic heterocycles. The summed E-state index contributed by atoms with van der Waals surface area (Å²) in [5.74, 6) is 1.36. The molecule has 0 aliphatic heterocycles. The van der Waals surface area contributed by atoms with Gasteiger partial charge in [-0.05, 0) is 30.3 Å². The lowest BCUT2D eigenvalue weighted by Gasteiger charge is -2.11. The van der Waals surface area contributed by atoms with E-state index in [1.54, 1.807) is 25.3 Å². The van der Waals surface area contributed by atoms with E-state index in [-0.39, 0.29) is 11.3 Å². The third-order valence-corrected chi connectivity index (χ3v) is 4.91. The van der Waals surface area contributed by atoms with Crippen LogP contribution in [-0.4, -0.2) is 32.7 Å². The molecule has 0 saturated heterocycles. The zero-order valence-electron chi connectivity index (χ0n) is 13.9. The van der Waals surface area contributed by atoms with E-state index < -0.39 is 11.9 Å². The molecule has 25 heavy (non-hydrogen) atoms. The Morgan fingerprint density at radius 2 is 1.88 bits per heavy atom. The van der Waals surface area contributed by atoms with E-state index in [4.69, 9.17) is 4.74 Å². The number of halogens is 1. The highest BCUT2D eigenvalue weighted by molar-refractivity contribution is 7.99. The van der Waals surface area contributed by atoms with Crippen LogP contribution in [0.3, 0.4) is 0 Å². The number of ether oxygens (including phenoxy) is 1. The summed E-state index contributed by atoms with van der Waals surface area (Å²) in [6.45, 7) is 0. The standard InChI is InChI=1S/C18H18FN3O2S/c1-22-17(12-7-9-13(24-2)10-8-12)20-21-18(22)25-11-16(23)14-5-3-4-6-15(14)19/h3-10,16,23H,11H2,1-2H3. The Morgan fingerprint density at radius 3 is 2.56 bits per heavy atom. The van der Waals surface area contributed by atoms with Gasteiger partial charge in [0.2, 0.25) is 0 Å². The molecule has 0 aliphatic carbocycles. The smallest absolute Gasteiger partial charge is 0.191 e. The lowest BCUT2D eigenvalue weighted by atomic mass is 10.1. The third-order valence-electron chi connectivity index (χ3n) is 3.82. The zero-order chi connectivity index (χ0) is 17.8. The quantitative estimate of drug-likeness (QED) is 0.683. The van der Waals surface area contributed by atoms with Crippen LogP contribution >= 0.6 is 11.8 Å². The van der Waals surface area contributed by atoms with E-state index in [9.17, 15) is 9.50 Å². The number of hydrogen-bond donors (Lipinski definition) is 1. The Kier molecular flexibility index (Phi) is 5.35. The van der Waals surface area contributed by atoms with E-state index in [0.717, 1.165) is 11.3 Å². The number of benzene rings is 2. The largest absolute Gasteiger partial charge is 0.497 e. The Bertz CT molecular complexity index is 852. The SMILES string of the molecule is COc1ccc(-c2nnc(SCC(O)c3ccccc3F)n2C)cc1. The van der Waals surface area contributed by atoms with Gasteiger partial charge in [0.25, 0.3) is 0 Å². The van der Waals surface area contributed by atoms with Gasteiger partial charge in [0.05, 0.1) is 13.2 Å². The third kappa shape index (κ3) is 3.83. The highest BCUT2D eigenvalue weighted by atomic mass is 32.2. The maximum absolute atomic E-state index is 13.7. The van der Waals surface area contributed by atoms with Crippen LogP contribution < -0.4 is 4.74 Å². The van der Waals surface area contributed by atoms with Crippen LogP contribution in [0.1, 0.15) is 11.7 Å². The number of thioether (sulfide) groups is 1. The fraction of sp³-hybridized carbons (Fsp3) is 0.222. The van der Waals surface area contributed by atoms with E-state index in [1.165, 1.54) is 17.8 Å². The van der Waals surface area contributed by atoms with E-state index in [1.807, 2.05) is 35.9 Å². The summed E-state index contributed by atoms with van der Waals surface area (Å²) >= 11 is 1.33. The van der Waals surface area contributed by atoms with Gasteiger partial charge in [0, 0.05) is 23.9 Å². The minimum absolute atomic E-state index is 0.285. The van der Waals surface area contributed by atoms with Gasteiger partial charge in [-0.2, -0.15) is 0 Å². The number of aliphatic hydroxyl groups excluding tert-OH is 1. The second-order valence-corrected chi connectivity index (χ2v) is 6.43. The van der Waals surface area contributed by atoms with Gasteiger partial charge in [-0.3, -0.25) is 0 Å². The second-order valence-electron chi connectivity index (χ2n) is 5.44. The van der Waals surface area contributed by atoms with Crippen molar-refractivity contribution >= 4 is 11.8 Å². The topological polar surface area (TPSA) is 60.2 Å². The van der Waals surface area contributed by atoms with Crippen molar-refractivity contribution < 1.29 is 14.2 Å². The van der Waals surface area contributed by atoms with Crippen LogP contribution in [0.2, 0.25) is 0 Å². The molecule has 0 aliphatic rings. The summed E-state index contributed by atoms with van der Waals surface area (Å²) in [5, 5.41) is 19.2. The summed E-state index contributed by atoms with van der Waals surface area (Å²) in [7, 11) is 3.48. The van der Waals surface area contributed by atoms with Gasteiger partial charge in [0.1, 0.15) is 11.6 Å². The first-order valence-electron chi connectivity index (χ1n) is 7.69. The van der Waals surface area contributed by atoms with Crippen LogP contribution in [0.25, 0.3) is 11.4 Å². The van der Waals surface area contributed by atoms with Crippen molar-refractivity contribution in [2.45, 2.75) is 11.3 Å². The molecule has 5 nitrogen and oxygen atoms in total. The van der Waals surface area contributed by atoms with E-state index >= 15 is 0 Å². The molecule has 3 rings (SSSR count). The summed E-state index contributed by atoms with van der Waals surface area (Å²) < 4.78 is 20.7. The van der Waals surface area contributed by atoms with Crippen LogP contribution in [0.4, 0.5) is 4.39 Å². The minimum atomic E-state index is -0.910. The molecule has 0 bridgehead atoms. The summed E-state index contributed by atoms with van der Waals surface area (Å²) in [5.41, 5.74) is 1.20. The zero-order valence-corrected chi connectivity index (χ0v) is 14.7. The van der Waals surface area contributed by atoms with Crippen LogP contribution in [0, 0.1) is 5.82 Å². The Hall–Kier alpha value is -2.38. The molecule has 7 heteroatoms. The van der Waals surface area contributed by atoms with Gasteiger partial charge in [-0.15, -0.1) is 10.2 Å². The second kappa shape index (κ2) is 7.67. The predicted molar refractivity (Wildman–Crippen MR) is 95.1 cm³/mol. The van der Waals surface area contributed by atoms with Crippen molar-refractivity contribution in [3.05, 3.63) is 59.9 Å². The molecule has 3 aromatic rings. The molecule has 0 radical (unpaired) electrons. The fourth-order valence-electron chi connectivity index (χ4n) is 2.42. The number of rotatable bonds is 6. The van der Waals surface area contributed by atoms with Crippen molar-refractivity contribution in [2.24, 2.45) is 7.05 Å². The Morgan fingerprint density at radius 1 is 1.16 bits per heavy atom. The van der Waals surface area contributed by atoms with Crippen molar-refractivity contribution in [3.63, 3.8) is 0 Å². The van der Waals surface area contributed by atoms with Crippen molar-refractivity contribution in [2.75, 3.05) is 12.9 Å². The monoisotopic (exact) mass is 359 g/mol. The molecule has 1 N–H and O–H groups in total. The lowest BCUT2D eigenvalue weighted by molar-refractivity contribution is 0.199. The maximum Gasteiger partial charge on any atom is 0.191 e. The van der Waals surface area contributed by atoms with Gasteiger partial charge in [-0.1, -0.05) is 30.0 Å². The average molecular weight is 359 g/mol. The molecule has 0 fully saturated rings. The van der Waals surface area contributed by atoms with Crippen molar-refractivity contribution in [1.29, 1.82) is 0 Å². The van der Waals surface area contributed by atoms with Crippen molar-refractivity contribution in [3.8, 4) is 17.1 Å². The Labute approximate surface area is 149 Å². The summed E-state index contributed by atoms with van der Waals surface area (Å²) in [6, 6.07) is 13.8. The number of aliphatic hydroxyl groups is 1. The molecule has 0 amide bonds. The summed E-state index contributed by atoms with van der Waals surface area (Å²) in [6.07, 6.45) is -0.910. The number of methoxy groups -OCH3 is 1. The number of nitrogens with zero attached hydrogens (tertiary/aromatic N) is 3. The first-order valence-corrected chi connectivity index (χ1v) is 8.68. The molecular formula is C18H18FN3O2S. The van der Waals surface area contributed by atoms with Gasteiger partial charge < -0.3 is 14.4 Å². The number of hydrogen-bond acceptors (Lipinski definition) is 5. The van der Waals surface area contributed by atoms with Crippen LogP contribution in [0.15, 0.2) is 53.7 Å². The number of aromatic nitrogens is 3. The highest BCUT2D eigenvalue weighted by Crippen LogP contribution is 2.28. The lowest BCUT2D eigenvalue weighted by Crippen LogP contribution is -2.04. The molecule has 1 atom stereocenters. The van der Waals surface area contributed by atoms with Crippen LogP contribution in [0.5, 0.6) is 5.75 Å². The first kappa shape index (κ1) is 17.4. The molecule has 1 heterocycles. The van der Waals surface area contributed by atoms with Crippen molar-refractivity contribution in [1.82, 2.24) is 14.8 Å². The molecule has 0 spiro atoms. The molecule has 0 saturated carbocycles. The van der Waals surface area contributed by atoms with E-state index in [0.29, 0.717) is 11.0 Å². The molecule has 2 aromatic carbocycles. The normalized spacial score (nSPS) is 12.2. The maximum atomic E-state index is 13.7. The molecule has 1 unspecified atom stereocenters. The summed E-state index contributed by atoms with van der Waals surface area (Å²) in [4.78, 5) is 0. The molecular weight excluding hydrogens is 341 g/mol. The van der Waals surface area contributed by atoms with Crippen LogP contribution in [-0.2, 0) is 7.05 Å².